The van der Waals surface area contributed by atoms with Crippen LogP contribution in [-0.4, -0.2) is 11.5 Å². The number of hydrogen-bond donors (Lipinski definition) is 1. The fourth-order valence-electron chi connectivity index (χ4n) is 2.35. The number of hydrogen-bond acceptors (Lipinski definition) is 4. The first kappa shape index (κ1) is 14.8. The number of para-hydroxylation sites is 1. The van der Waals surface area contributed by atoms with Crippen LogP contribution in [0.15, 0.2) is 66.2 Å². The molecule has 1 heterocycles. The first-order valence-corrected chi connectivity index (χ1v) is 8.14. The highest BCUT2D eigenvalue weighted by Crippen LogP contribution is 2.26. The fraction of sp³-hybridized carbons (Fsp3) is 0.167. The third kappa shape index (κ3) is 3.72. The van der Waals surface area contributed by atoms with E-state index < -0.39 is 0 Å². The third-order valence-corrected chi connectivity index (χ3v) is 4.38. The number of benzene rings is 2. The summed E-state index contributed by atoms with van der Waals surface area (Å²) in [6, 6.07) is 18.0. The monoisotopic (exact) mass is 310 g/mol. The van der Waals surface area contributed by atoms with E-state index in [0.717, 1.165) is 22.9 Å². The van der Waals surface area contributed by atoms with Gasteiger partial charge in [-0.15, -0.1) is 11.3 Å². The molecule has 3 nitrogen and oxygen atoms in total. The molecule has 0 radical (unpaired) electrons. The first-order valence-electron chi connectivity index (χ1n) is 7.26. The molecule has 0 saturated carbocycles. The quantitative estimate of drug-likeness (QED) is 0.741. The Morgan fingerprint density at radius 1 is 1.05 bits per heavy atom. The van der Waals surface area contributed by atoms with E-state index in [9.17, 15) is 0 Å². The molecule has 0 aliphatic heterocycles. The summed E-state index contributed by atoms with van der Waals surface area (Å²) in [7, 11) is 0. The van der Waals surface area contributed by atoms with Gasteiger partial charge in [-0.1, -0.05) is 30.3 Å². The molecular weight excluding hydrogens is 292 g/mol. The van der Waals surface area contributed by atoms with E-state index in [2.05, 4.69) is 17.1 Å². The minimum Gasteiger partial charge on any atom is -0.457 e. The van der Waals surface area contributed by atoms with Crippen molar-refractivity contribution in [1.29, 1.82) is 0 Å². The summed E-state index contributed by atoms with van der Waals surface area (Å²) in [6.45, 7) is 0.595. The maximum absolute atomic E-state index is 5.91. The van der Waals surface area contributed by atoms with Gasteiger partial charge in [0.2, 0.25) is 0 Å². The van der Waals surface area contributed by atoms with Gasteiger partial charge in [0.15, 0.2) is 0 Å². The number of nitrogens with zero attached hydrogens (tertiary/aromatic N) is 1. The number of aromatic nitrogens is 1. The Bertz CT molecular complexity index is 698. The van der Waals surface area contributed by atoms with Crippen molar-refractivity contribution in [3.8, 4) is 11.5 Å². The normalized spacial score (nSPS) is 12.0. The van der Waals surface area contributed by atoms with E-state index in [1.54, 1.807) is 11.3 Å². The molecule has 1 aromatic heterocycles. The molecule has 3 rings (SSSR count). The predicted molar refractivity (Wildman–Crippen MR) is 90.6 cm³/mol. The average molecular weight is 310 g/mol. The molecule has 2 aromatic carbocycles. The smallest absolute Gasteiger partial charge is 0.127 e. The molecule has 0 spiro atoms. The van der Waals surface area contributed by atoms with Gasteiger partial charge in [-0.2, -0.15) is 0 Å². The lowest BCUT2D eigenvalue weighted by Gasteiger charge is -2.13. The summed E-state index contributed by atoms with van der Waals surface area (Å²) in [4.78, 5) is 4.38. The largest absolute Gasteiger partial charge is 0.457 e. The van der Waals surface area contributed by atoms with Gasteiger partial charge in [-0.25, -0.2) is 4.98 Å². The Morgan fingerprint density at radius 3 is 2.59 bits per heavy atom. The zero-order valence-corrected chi connectivity index (χ0v) is 13.0. The fourth-order valence-corrected chi connectivity index (χ4v) is 3.11. The van der Waals surface area contributed by atoms with E-state index in [-0.39, 0.29) is 5.92 Å². The Hall–Kier alpha value is -2.17. The van der Waals surface area contributed by atoms with Gasteiger partial charge in [0.1, 0.15) is 11.5 Å². The van der Waals surface area contributed by atoms with Crippen molar-refractivity contribution < 1.29 is 4.74 Å². The number of thiazole rings is 1. The molecule has 3 aromatic rings. The summed E-state index contributed by atoms with van der Waals surface area (Å²) in [5.74, 6) is 1.94. The maximum atomic E-state index is 5.91. The molecule has 0 amide bonds. The zero-order chi connectivity index (χ0) is 15.2. The lowest BCUT2D eigenvalue weighted by molar-refractivity contribution is 0.481. The van der Waals surface area contributed by atoms with Gasteiger partial charge in [0.05, 0.1) is 5.01 Å². The van der Waals surface area contributed by atoms with Crippen molar-refractivity contribution >= 4 is 11.3 Å². The van der Waals surface area contributed by atoms with Crippen LogP contribution in [0.4, 0.5) is 0 Å². The highest BCUT2D eigenvalue weighted by molar-refractivity contribution is 7.09. The second-order valence-corrected chi connectivity index (χ2v) is 6.00. The third-order valence-electron chi connectivity index (χ3n) is 3.44. The van der Waals surface area contributed by atoms with Crippen LogP contribution < -0.4 is 10.5 Å². The summed E-state index contributed by atoms with van der Waals surface area (Å²) in [5.41, 5.74) is 7.12. The van der Waals surface area contributed by atoms with E-state index in [0.29, 0.717) is 6.54 Å². The average Bonchev–Trinajstić information content (AvgIpc) is 3.08. The van der Waals surface area contributed by atoms with Crippen molar-refractivity contribution in [1.82, 2.24) is 4.98 Å². The minimum atomic E-state index is 0.256. The summed E-state index contributed by atoms with van der Waals surface area (Å²) in [6.07, 6.45) is 2.70. The van der Waals surface area contributed by atoms with Crippen molar-refractivity contribution in [2.45, 2.75) is 12.3 Å². The SMILES string of the molecule is NCC(Cc1cccc(Oc2ccccc2)c1)c1nccs1. The van der Waals surface area contributed by atoms with Crippen LogP contribution in [0.25, 0.3) is 0 Å². The Balaban J connectivity index is 1.73. The van der Waals surface area contributed by atoms with Gasteiger partial charge in [-0.05, 0) is 36.2 Å². The van der Waals surface area contributed by atoms with Crippen molar-refractivity contribution in [3.63, 3.8) is 0 Å². The van der Waals surface area contributed by atoms with Crippen LogP contribution in [0.1, 0.15) is 16.5 Å². The van der Waals surface area contributed by atoms with Crippen LogP contribution in [0.3, 0.4) is 0 Å². The van der Waals surface area contributed by atoms with Crippen molar-refractivity contribution in [2.75, 3.05) is 6.54 Å². The topological polar surface area (TPSA) is 48.1 Å². The maximum Gasteiger partial charge on any atom is 0.127 e. The summed E-state index contributed by atoms with van der Waals surface area (Å²) >= 11 is 1.66. The van der Waals surface area contributed by atoms with Crippen molar-refractivity contribution in [3.05, 3.63) is 76.7 Å². The van der Waals surface area contributed by atoms with Crippen LogP contribution in [0, 0.1) is 0 Å². The molecular formula is C18H18N2OS. The molecule has 0 aliphatic carbocycles. The second-order valence-electron chi connectivity index (χ2n) is 5.07. The van der Waals surface area contributed by atoms with E-state index in [4.69, 9.17) is 10.5 Å². The van der Waals surface area contributed by atoms with Crippen LogP contribution >= 0.6 is 11.3 Å². The highest BCUT2D eigenvalue weighted by atomic mass is 32.1. The highest BCUT2D eigenvalue weighted by Gasteiger charge is 2.13. The van der Waals surface area contributed by atoms with Gasteiger partial charge >= 0.3 is 0 Å². The number of rotatable bonds is 6. The van der Waals surface area contributed by atoms with Crippen molar-refractivity contribution in [2.24, 2.45) is 5.73 Å². The van der Waals surface area contributed by atoms with Crippen LogP contribution in [-0.2, 0) is 6.42 Å². The number of nitrogens with two attached hydrogens (primary N) is 1. The molecule has 2 N–H and O–H groups in total. The van der Waals surface area contributed by atoms with Crippen LogP contribution in [0.2, 0.25) is 0 Å². The lowest BCUT2D eigenvalue weighted by Crippen LogP contribution is -2.14. The summed E-state index contributed by atoms with van der Waals surface area (Å²) < 4.78 is 5.88. The molecule has 1 unspecified atom stereocenters. The Kier molecular flexibility index (Phi) is 4.83. The standard InChI is InChI=1S/C18H18N2OS/c19-13-15(18-20-9-10-22-18)11-14-5-4-8-17(12-14)21-16-6-2-1-3-7-16/h1-10,12,15H,11,13,19H2. The lowest BCUT2D eigenvalue weighted by atomic mass is 10.00. The van der Waals surface area contributed by atoms with E-state index in [1.165, 1.54) is 5.56 Å². The predicted octanol–water partition coefficient (Wildman–Crippen LogP) is 4.22. The van der Waals surface area contributed by atoms with Gasteiger partial charge in [0.25, 0.3) is 0 Å². The molecule has 1 atom stereocenters. The molecule has 22 heavy (non-hydrogen) atoms. The van der Waals surface area contributed by atoms with E-state index >= 15 is 0 Å². The Labute approximate surface area is 134 Å². The van der Waals surface area contributed by atoms with Gasteiger partial charge in [-0.3, -0.25) is 0 Å². The molecule has 0 bridgehead atoms. The molecule has 0 saturated heterocycles. The molecule has 0 aliphatic rings. The molecule has 4 heteroatoms. The molecule has 0 fully saturated rings. The van der Waals surface area contributed by atoms with Gasteiger partial charge < -0.3 is 10.5 Å². The summed E-state index contributed by atoms with van der Waals surface area (Å²) in [5, 5.41) is 3.09. The first-order chi connectivity index (χ1) is 10.8. The Morgan fingerprint density at radius 2 is 1.86 bits per heavy atom. The van der Waals surface area contributed by atoms with Gasteiger partial charge in [0, 0.05) is 24.0 Å². The molecule has 112 valence electrons. The minimum absolute atomic E-state index is 0.256. The zero-order valence-electron chi connectivity index (χ0n) is 12.2. The van der Waals surface area contributed by atoms with E-state index in [1.807, 2.05) is 54.0 Å². The second kappa shape index (κ2) is 7.20. The van der Waals surface area contributed by atoms with Crippen LogP contribution in [0.5, 0.6) is 11.5 Å². The number of ether oxygens (including phenoxy) is 1.